The van der Waals surface area contributed by atoms with E-state index in [4.69, 9.17) is 5.11 Å². The normalized spacial score (nSPS) is 12.0. The van der Waals surface area contributed by atoms with Gasteiger partial charge in [0.2, 0.25) is 0 Å². The fraction of sp³-hybridized carbons (Fsp3) is 0.467. The lowest BCUT2D eigenvalue weighted by molar-refractivity contribution is 0.0696. The Bertz CT molecular complexity index is 472. The van der Waals surface area contributed by atoms with Crippen molar-refractivity contribution in [3.63, 3.8) is 0 Å². The largest absolute Gasteiger partial charge is 0.478 e. The summed E-state index contributed by atoms with van der Waals surface area (Å²) in [6.45, 7) is 6.52. The van der Waals surface area contributed by atoms with Crippen molar-refractivity contribution >= 4 is 12.0 Å². The quantitative estimate of drug-likeness (QED) is 0.747. The van der Waals surface area contributed by atoms with Gasteiger partial charge in [-0.25, -0.2) is 9.59 Å². The molecule has 2 amide bonds. The minimum Gasteiger partial charge on any atom is -0.478 e. The second-order valence-electron chi connectivity index (χ2n) is 5.19. The number of urea groups is 1. The molecule has 0 spiro atoms. The van der Waals surface area contributed by atoms with E-state index in [0.717, 1.165) is 5.56 Å². The van der Waals surface area contributed by atoms with Crippen molar-refractivity contribution in [3.8, 4) is 0 Å². The number of hydrogen-bond donors (Lipinski definition) is 3. The van der Waals surface area contributed by atoms with Crippen molar-refractivity contribution in [2.45, 2.75) is 33.2 Å². The summed E-state index contributed by atoms with van der Waals surface area (Å²) in [4.78, 5) is 22.4. The van der Waals surface area contributed by atoms with Gasteiger partial charge in [-0.05, 0) is 37.0 Å². The monoisotopic (exact) mass is 278 g/mol. The van der Waals surface area contributed by atoms with Gasteiger partial charge in [-0.15, -0.1) is 0 Å². The van der Waals surface area contributed by atoms with Crippen molar-refractivity contribution in [1.82, 2.24) is 10.6 Å². The van der Waals surface area contributed by atoms with Crippen LogP contribution in [0.15, 0.2) is 24.3 Å². The number of carboxylic acid groups (broad SMARTS) is 1. The summed E-state index contributed by atoms with van der Waals surface area (Å²) in [7, 11) is 0. The van der Waals surface area contributed by atoms with Gasteiger partial charge in [0.15, 0.2) is 0 Å². The predicted octanol–water partition coefficient (Wildman–Crippen LogP) is 2.27. The third-order valence-corrected chi connectivity index (χ3v) is 3.23. The lowest BCUT2D eigenvalue weighted by Gasteiger charge is -2.17. The summed E-state index contributed by atoms with van der Waals surface area (Å²) in [5.74, 6) is -0.559. The van der Waals surface area contributed by atoms with Gasteiger partial charge < -0.3 is 15.7 Å². The van der Waals surface area contributed by atoms with Gasteiger partial charge in [-0.2, -0.15) is 0 Å². The van der Waals surface area contributed by atoms with E-state index >= 15 is 0 Å². The molecule has 0 aliphatic heterocycles. The van der Waals surface area contributed by atoms with Crippen LogP contribution in [0.2, 0.25) is 0 Å². The zero-order chi connectivity index (χ0) is 15.1. The number of carbonyl (C=O) groups excluding carboxylic acids is 1. The molecule has 0 fully saturated rings. The molecule has 1 aromatic carbocycles. The second kappa shape index (κ2) is 7.53. The summed E-state index contributed by atoms with van der Waals surface area (Å²) >= 11 is 0. The molecule has 1 rings (SSSR count). The van der Waals surface area contributed by atoms with Gasteiger partial charge in [0.05, 0.1) is 5.56 Å². The van der Waals surface area contributed by atoms with Crippen molar-refractivity contribution in [1.29, 1.82) is 0 Å². The molecule has 1 unspecified atom stereocenters. The van der Waals surface area contributed by atoms with E-state index in [0.29, 0.717) is 18.9 Å². The van der Waals surface area contributed by atoms with Crippen LogP contribution in [0.25, 0.3) is 0 Å². The van der Waals surface area contributed by atoms with Gasteiger partial charge >= 0.3 is 12.0 Å². The lowest BCUT2D eigenvalue weighted by Crippen LogP contribution is -2.43. The minimum absolute atomic E-state index is 0.116. The molecule has 110 valence electrons. The highest BCUT2D eigenvalue weighted by Gasteiger charge is 2.10. The number of carbonyl (C=O) groups is 2. The Hall–Kier alpha value is -2.04. The number of hydrogen-bond acceptors (Lipinski definition) is 2. The van der Waals surface area contributed by atoms with Crippen LogP contribution in [0, 0.1) is 5.92 Å². The zero-order valence-electron chi connectivity index (χ0n) is 12.1. The smallest absolute Gasteiger partial charge is 0.335 e. The Morgan fingerprint density at radius 1 is 1.25 bits per heavy atom. The Labute approximate surface area is 119 Å². The van der Waals surface area contributed by atoms with Gasteiger partial charge in [0.25, 0.3) is 0 Å². The molecule has 1 atom stereocenters. The molecule has 0 aliphatic carbocycles. The number of nitrogens with one attached hydrogen (secondary N) is 2. The van der Waals surface area contributed by atoms with E-state index in [2.05, 4.69) is 10.6 Å². The van der Waals surface area contributed by atoms with E-state index < -0.39 is 5.97 Å². The van der Waals surface area contributed by atoms with Crippen molar-refractivity contribution in [2.75, 3.05) is 6.54 Å². The molecular formula is C15H22N2O3. The fourth-order valence-corrected chi connectivity index (χ4v) is 1.60. The van der Waals surface area contributed by atoms with Gasteiger partial charge in [-0.1, -0.05) is 26.0 Å². The molecule has 3 N–H and O–H groups in total. The number of amides is 2. The summed E-state index contributed by atoms with van der Waals surface area (Å²) in [5.41, 5.74) is 1.16. The number of carboxylic acids is 1. The topological polar surface area (TPSA) is 78.4 Å². The molecule has 5 nitrogen and oxygen atoms in total. The molecule has 20 heavy (non-hydrogen) atoms. The molecule has 0 radical (unpaired) electrons. The first-order valence-electron chi connectivity index (χ1n) is 6.76. The zero-order valence-corrected chi connectivity index (χ0v) is 12.1. The Morgan fingerprint density at radius 2 is 1.95 bits per heavy atom. The SMILES string of the molecule is CC(C)C(C)NC(=O)NCCc1cccc(C(=O)O)c1. The average Bonchev–Trinajstić information content (AvgIpc) is 2.38. The molecule has 0 saturated heterocycles. The highest BCUT2D eigenvalue weighted by molar-refractivity contribution is 5.87. The fourth-order valence-electron chi connectivity index (χ4n) is 1.60. The van der Waals surface area contributed by atoms with Crippen LogP contribution >= 0.6 is 0 Å². The molecule has 0 aromatic heterocycles. The molecule has 5 heteroatoms. The van der Waals surface area contributed by atoms with E-state index in [1.807, 2.05) is 26.8 Å². The van der Waals surface area contributed by atoms with Crippen LogP contribution in [0.3, 0.4) is 0 Å². The minimum atomic E-state index is -0.941. The van der Waals surface area contributed by atoms with Crippen LogP contribution in [0.1, 0.15) is 36.7 Å². The first-order chi connectivity index (χ1) is 9.40. The molecule has 0 heterocycles. The lowest BCUT2D eigenvalue weighted by atomic mass is 10.1. The average molecular weight is 278 g/mol. The molecular weight excluding hydrogens is 256 g/mol. The molecule has 0 aliphatic rings. The second-order valence-corrected chi connectivity index (χ2v) is 5.19. The maximum absolute atomic E-state index is 11.6. The van der Waals surface area contributed by atoms with Gasteiger partial charge in [-0.3, -0.25) is 0 Å². The Kier molecular flexibility index (Phi) is 6.03. The number of aromatic carboxylic acids is 1. The highest BCUT2D eigenvalue weighted by Crippen LogP contribution is 2.05. The third kappa shape index (κ3) is 5.30. The van der Waals surface area contributed by atoms with Crippen LogP contribution in [-0.4, -0.2) is 29.7 Å². The number of rotatable bonds is 6. The predicted molar refractivity (Wildman–Crippen MR) is 77.9 cm³/mol. The van der Waals surface area contributed by atoms with E-state index in [1.165, 1.54) is 0 Å². The van der Waals surface area contributed by atoms with Gasteiger partial charge in [0, 0.05) is 12.6 Å². The Morgan fingerprint density at radius 3 is 2.55 bits per heavy atom. The van der Waals surface area contributed by atoms with Crippen LogP contribution < -0.4 is 10.6 Å². The first kappa shape index (κ1) is 16.0. The van der Waals surface area contributed by atoms with E-state index in [9.17, 15) is 9.59 Å². The van der Waals surface area contributed by atoms with Crippen LogP contribution in [0.5, 0.6) is 0 Å². The van der Waals surface area contributed by atoms with Crippen molar-refractivity contribution in [2.24, 2.45) is 5.92 Å². The number of benzene rings is 1. The Balaban J connectivity index is 2.39. The summed E-state index contributed by atoms with van der Waals surface area (Å²) in [6.07, 6.45) is 0.602. The van der Waals surface area contributed by atoms with Crippen molar-refractivity contribution in [3.05, 3.63) is 35.4 Å². The first-order valence-corrected chi connectivity index (χ1v) is 6.76. The summed E-state index contributed by atoms with van der Waals surface area (Å²) in [6, 6.07) is 6.66. The maximum Gasteiger partial charge on any atom is 0.335 e. The maximum atomic E-state index is 11.6. The third-order valence-electron chi connectivity index (χ3n) is 3.23. The highest BCUT2D eigenvalue weighted by atomic mass is 16.4. The standard InChI is InChI=1S/C15H22N2O3/c1-10(2)11(3)17-15(20)16-8-7-12-5-4-6-13(9-12)14(18)19/h4-6,9-11H,7-8H2,1-3H3,(H,18,19)(H2,16,17,20). The van der Waals surface area contributed by atoms with Crippen LogP contribution in [0.4, 0.5) is 4.79 Å². The molecule has 0 bridgehead atoms. The summed E-state index contributed by atoms with van der Waals surface area (Å²) in [5, 5.41) is 14.5. The summed E-state index contributed by atoms with van der Waals surface area (Å²) < 4.78 is 0. The van der Waals surface area contributed by atoms with Crippen molar-refractivity contribution < 1.29 is 14.7 Å². The van der Waals surface area contributed by atoms with E-state index in [-0.39, 0.29) is 17.6 Å². The molecule has 0 saturated carbocycles. The van der Waals surface area contributed by atoms with Crippen LogP contribution in [-0.2, 0) is 6.42 Å². The van der Waals surface area contributed by atoms with E-state index in [1.54, 1.807) is 18.2 Å². The van der Waals surface area contributed by atoms with Gasteiger partial charge in [0.1, 0.15) is 0 Å². The molecule has 1 aromatic rings.